The van der Waals surface area contributed by atoms with Gasteiger partial charge in [-0.1, -0.05) is 12.1 Å². The van der Waals surface area contributed by atoms with Crippen molar-refractivity contribution in [3.05, 3.63) is 47.7 Å². The average Bonchev–Trinajstić information content (AvgIpc) is 3.12. The topological polar surface area (TPSA) is 69.0 Å². The van der Waals surface area contributed by atoms with Gasteiger partial charge in [0.05, 0.1) is 10.2 Å². The number of benzene rings is 1. The van der Waals surface area contributed by atoms with Crippen molar-refractivity contribution in [2.24, 2.45) is 11.8 Å². The summed E-state index contributed by atoms with van der Waals surface area (Å²) in [6.07, 6.45) is 5.75. The summed E-state index contributed by atoms with van der Waals surface area (Å²) in [5.74, 6) is 1.96. The van der Waals surface area contributed by atoms with Gasteiger partial charge in [0.1, 0.15) is 16.9 Å². The van der Waals surface area contributed by atoms with Gasteiger partial charge in [-0.15, -0.1) is 11.3 Å². The van der Waals surface area contributed by atoms with Gasteiger partial charge in [-0.2, -0.15) is 0 Å². The molecule has 27 heavy (non-hydrogen) atoms. The van der Waals surface area contributed by atoms with Gasteiger partial charge in [0.25, 0.3) is 0 Å². The number of rotatable bonds is 3. The molecular weight excluding hydrogens is 356 g/mol. The van der Waals surface area contributed by atoms with Crippen LogP contribution in [0, 0.1) is 17.2 Å². The first-order chi connectivity index (χ1) is 13.2. The molecule has 0 radical (unpaired) electrons. The molecule has 2 aliphatic heterocycles. The lowest BCUT2D eigenvalue weighted by atomic mass is 9.73. The third-order valence-corrected chi connectivity index (χ3v) is 6.90. The Hall–Kier alpha value is -2.38. The minimum atomic E-state index is 0.0608. The SMILES string of the molecule is CN1CCC(C2C(=N)N(c3ncccn3)C2c2nc3ccccc3s2)CC1. The van der Waals surface area contributed by atoms with Crippen LogP contribution in [0.15, 0.2) is 42.7 Å². The fraction of sp³-hybridized carbons (Fsp3) is 0.400. The zero-order valence-corrected chi connectivity index (χ0v) is 16.1. The number of amidine groups is 1. The number of nitrogens with one attached hydrogen (secondary N) is 1. The molecule has 0 spiro atoms. The Morgan fingerprint density at radius 3 is 2.56 bits per heavy atom. The van der Waals surface area contributed by atoms with E-state index in [0.29, 0.717) is 17.7 Å². The Balaban J connectivity index is 1.53. The fourth-order valence-corrected chi connectivity index (χ4v) is 5.44. The van der Waals surface area contributed by atoms with Crippen molar-refractivity contribution < 1.29 is 0 Å². The van der Waals surface area contributed by atoms with E-state index in [1.165, 1.54) is 4.70 Å². The predicted octanol–water partition coefficient (Wildman–Crippen LogP) is 3.58. The lowest BCUT2D eigenvalue weighted by Gasteiger charge is -2.51. The lowest BCUT2D eigenvalue weighted by Crippen LogP contribution is -2.59. The van der Waals surface area contributed by atoms with Crippen LogP contribution in [0.2, 0.25) is 0 Å². The highest BCUT2D eigenvalue weighted by molar-refractivity contribution is 7.18. The van der Waals surface area contributed by atoms with E-state index in [0.717, 1.165) is 36.5 Å². The van der Waals surface area contributed by atoms with Gasteiger partial charge in [-0.25, -0.2) is 15.0 Å². The zero-order valence-electron chi connectivity index (χ0n) is 15.2. The summed E-state index contributed by atoms with van der Waals surface area (Å²) in [7, 11) is 2.18. The van der Waals surface area contributed by atoms with E-state index in [-0.39, 0.29) is 12.0 Å². The molecule has 4 heterocycles. The molecule has 138 valence electrons. The largest absolute Gasteiger partial charge is 0.306 e. The number of fused-ring (bicyclic) bond motifs is 1. The number of hydrogen-bond donors (Lipinski definition) is 1. The Kier molecular flexibility index (Phi) is 4.13. The van der Waals surface area contributed by atoms with Gasteiger partial charge < -0.3 is 4.90 Å². The first-order valence-corrected chi connectivity index (χ1v) is 10.2. The highest BCUT2D eigenvalue weighted by atomic mass is 32.1. The summed E-state index contributed by atoms with van der Waals surface area (Å²) >= 11 is 1.73. The minimum absolute atomic E-state index is 0.0608. The molecule has 0 aliphatic carbocycles. The van der Waals surface area contributed by atoms with Crippen molar-refractivity contribution >= 4 is 33.3 Å². The summed E-state index contributed by atoms with van der Waals surface area (Å²) in [6, 6.07) is 10.1. The smallest absolute Gasteiger partial charge is 0.231 e. The first-order valence-electron chi connectivity index (χ1n) is 9.41. The second kappa shape index (κ2) is 6.65. The van der Waals surface area contributed by atoms with E-state index in [1.807, 2.05) is 17.0 Å². The molecule has 0 amide bonds. The van der Waals surface area contributed by atoms with Crippen molar-refractivity contribution in [2.75, 3.05) is 25.0 Å². The van der Waals surface area contributed by atoms with E-state index in [1.54, 1.807) is 23.7 Å². The van der Waals surface area contributed by atoms with Crippen LogP contribution in [-0.2, 0) is 0 Å². The standard InChI is InChI=1S/C20H22N6S/c1-25-11-7-13(8-12-25)16-17(19-24-14-5-2-3-6-15(14)27-19)26(18(16)21)20-22-9-4-10-23-20/h2-6,9-10,13,16-17,21H,7-8,11-12H2,1H3. The number of anilines is 1. The van der Waals surface area contributed by atoms with Gasteiger partial charge in [-0.05, 0) is 57.1 Å². The number of piperidine rings is 1. The minimum Gasteiger partial charge on any atom is -0.306 e. The molecule has 2 atom stereocenters. The summed E-state index contributed by atoms with van der Waals surface area (Å²) in [5.41, 5.74) is 1.03. The van der Waals surface area contributed by atoms with E-state index >= 15 is 0 Å². The number of para-hydroxylation sites is 1. The molecule has 3 aromatic rings. The molecule has 2 fully saturated rings. The molecule has 2 saturated heterocycles. The van der Waals surface area contributed by atoms with E-state index in [4.69, 9.17) is 10.4 Å². The maximum Gasteiger partial charge on any atom is 0.231 e. The fourth-order valence-electron chi connectivity index (χ4n) is 4.34. The van der Waals surface area contributed by atoms with Crippen molar-refractivity contribution in [1.29, 1.82) is 5.41 Å². The van der Waals surface area contributed by atoms with Crippen LogP contribution >= 0.6 is 11.3 Å². The molecule has 1 aromatic carbocycles. The number of likely N-dealkylation sites (tertiary alicyclic amines) is 1. The molecular formula is C20H22N6S. The Bertz CT molecular complexity index is 930. The second-order valence-corrected chi connectivity index (χ2v) is 8.50. The lowest BCUT2D eigenvalue weighted by molar-refractivity contribution is 0.169. The average molecular weight is 379 g/mol. The van der Waals surface area contributed by atoms with Crippen LogP contribution in [0.3, 0.4) is 0 Å². The van der Waals surface area contributed by atoms with Gasteiger partial charge in [0.15, 0.2) is 0 Å². The monoisotopic (exact) mass is 378 g/mol. The van der Waals surface area contributed by atoms with Gasteiger partial charge in [0, 0.05) is 18.3 Å². The van der Waals surface area contributed by atoms with Crippen molar-refractivity contribution in [1.82, 2.24) is 19.9 Å². The van der Waals surface area contributed by atoms with Crippen LogP contribution < -0.4 is 4.90 Å². The second-order valence-electron chi connectivity index (χ2n) is 7.44. The zero-order chi connectivity index (χ0) is 18.4. The van der Waals surface area contributed by atoms with Crippen LogP contribution in [0.5, 0.6) is 0 Å². The third kappa shape index (κ3) is 2.82. The Morgan fingerprint density at radius 1 is 1.07 bits per heavy atom. The molecule has 0 saturated carbocycles. The van der Waals surface area contributed by atoms with Crippen molar-refractivity contribution in [3.63, 3.8) is 0 Å². The number of aromatic nitrogens is 3. The summed E-state index contributed by atoms with van der Waals surface area (Å²) in [6.45, 7) is 2.20. The van der Waals surface area contributed by atoms with Crippen LogP contribution in [0.25, 0.3) is 10.2 Å². The van der Waals surface area contributed by atoms with Crippen molar-refractivity contribution in [3.8, 4) is 0 Å². The molecule has 1 N–H and O–H groups in total. The highest BCUT2D eigenvalue weighted by Crippen LogP contribution is 2.49. The quantitative estimate of drug-likeness (QED) is 0.754. The summed E-state index contributed by atoms with van der Waals surface area (Å²) in [5, 5.41) is 9.86. The van der Waals surface area contributed by atoms with Crippen LogP contribution in [-0.4, -0.2) is 45.8 Å². The number of thiazole rings is 1. The molecule has 2 unspecified atom stereocenters. The molecule has 6 nitrogen and oxygen atoms in total. The van der Waals surface area contributed by atoms with Crippen LogP contribution in [0.1, 0.15) is 23.9 Å². The van der Waals surface area contributed by atoms with Gasteiger partial charge >= 0.3 is 0 Å². The maximum absolute atomic E-state index is 8.79. The molecule has 2 aromatic heterocycles. The number of hydrogen-bond acceptors (Lipinski definition) is 6. The maximum atomic E-state index is 8.79. The Morgan fingerprint density at radius 2 is 1.81 bits per heavy atom. The summed E-state index contributed by atoms with van der Waals surface area (Å²) < 4.78 is 1.20. The van der Waals surface area contributed by atoms with Crippen molar-refractivity contribution in [2.45, 2.75) is 18.9 Å². The van der Waals surface area contributed by atoms with E-state index < -0.39 is 0 Å². The normalized spacial score (nSPS) is 24.3. The van der Waals surface area contributed by atoms with E-state index in [2.05, 4.69) is 40.1 Å². The highest BCUT2D eigenvalue weighted by Gasteiger charge is 2.52. The third-order valence-electron chi connectivity index (χ3n) is 5.80. The number of nitrogens with zero attached hydrogens (tertiary/aromatic N) is 5. The van der Waals surface area contributed by atoms with Gasteiger partial charge in [0.2, 0.25) is 5.95 Å². The first kappa shape index (κ1) is 16.8. The molecule has 5 rings (SSSR count). The molecule has 7 heteroatoms. The van der Waals surface area contributed by atoms with Gasteiger partial charge in [-0.3, -0.25) is 10.3 Å². The molecule has 2 aliphatic rings. The van der Waals surface area contributed by atoms with Crippen LogP contribution in [0.4, 0.5) is 5.95 Å². The Labute approximate surface area is 162 Å². The molecule has 0 bridgehead atoms. The van der Waals surface area contributed by atoms with E-state index in [9.17, 15) is 0 Å². The predicted molar refractivity (Wildman–Crippen MR) is 108 cm³/mol. The summed E-state index contributed by atoms with van der Waals surface area (Å²) in [4.78, 5) is 18.1.